The normalized spacial score (nSPS) is 10.5. The number of nitrogens with two attached hydrogens (primary N) is 1. The number of aromatic nitrogens is 2. The van der Waals surface area contributed by atoms with Crippen molar-refractivity contribution in [3.8, 4) is 5.75 Å². The molecule has 0 aliphatic heterocycles. The zero-order chi connectivity index (χ0) is 13.8. The molecule has 1 aromatic carbocycles. The Hall–Kier alpha value is -1.75. The quantitative estimate of drug-likeness (QED) is 0.528. The maximum absolute atomic E-state index is 5.80. The molecule has 0 atom stereocenters. The van der Waals surface area contributed by atoms with Gasteiger partial charge >= 0.3 is 0 Å². The Labute approximate surface area is 117 Å². The van der Waals surface area contributed by atoms with Crippen molar-refractivity contribution in [2.24, 2.45) is 0 Å². The smallest absolute Gasteiger partial charge is 0.188 e. The number of nitrogens with zero attached hydrogens (tertiary/aromatic N) is 2. The third-order valence-corrected chi connectivity index (χ3v) is 3.52. The van der Waals surface area contributed by atoms with Crippen molar-refractivity contribution in [1.82, 2.24) is 9.97 Å². The Kier molecular flexibility index (Phi) is 4.27. The van der Waals surface area contributed by atoms with E-state index in [-0.39, 0.29) is 0 Å². The third kappa shape index (κ3) is 3.61. The summed E-state index contributed by atoms with van der Waals surface area (Å²) < 4.78 is 5.33. The molecule has 5 heteroatoms. The summed E-state index contributed by atoms with van der Waals surface area (Å²) in [4.78, 5) is 8.81. The van der Waals surface area contributed by atoms with Gasteiger partial charge in [-0.15, -0.1) is 0 Å². The van der Waals surface area contributed by atoms with Gasteiger partial charge in [-0.1, -0.05) is 11.8 Å². The van der Waals surface area contributed by atoms with Crippen LogP contribution in [-0.4, -0.2) is 17.1 Å². The summed E-state index contributed by atoms with van der Waals surface area (Å²) in [6.45, 7) is 3.94. The van der Waals surface area contributed by atoms with Crippen LogP contribution in [-0.2, 0) is 5.75 Å². The number of anilines is 1. The second-order valence-electron chi connectivity index (χ2n) is 4.29. The fraction of sp³-hybridized carbons (Fsp3) is 0.286. The SMILES string of the molecule is COc1ccc(N)cc1CSc1nc(C)cc(C)n1. The summed E-state index contributed by atoms with van der Waals surface area (Å²) in [5, 5.41) is 0.780. The highest BCUT2D eigenvalue weighted by molar-refractivity contribution is 7.98. The summed E-state index contributed by atoms with van der Waals surface area (Å²) in [6, 6.07) is 7.60. The van der Waals surface area contributed by atoms with Gasteiger partial charge in [0, 0.05) is 28.4 Å². The van der Waals surface area contributed by atoms with Crippen LogP contribution < -0.4 is 10.5 Å². The van der Waals surface area contributed by atoms with Crippen molar-refractivity contribution in [3.63, 3.8) is 0 Å². The topological polar surface area (TPSA) is 61.0 Å². The molecule has 1 heterocycles. The van der Waals surface area contributed by atoms with E-state index in [9.17, 15) is 0 Å². The van der Waals surface area contributed by atoms with Crippen LogP contribution in [0.2, 0.25) is 0 Å². The standard InChI is InChI=1S/C14H17N3OS/c1-9-6-10(2)17-14(16-9)19-8-11-7-12(15)4-5-13(11)18-3/h4-7H,8,15H2,1-3H3. The van der Waals surface area contributed by atoms with E-state index in [0.29, 0.717) is 0 Å². The molecule has 2 rings (SSSR count). The van der Waals surface area contributed by atoms with E-state index in [1.54, 1.807) is 18.9 Å². The number of benzene rings is 1. The van der Waals surface area contributed by atoms with Gasteiger partial charge in [0.05, 0.1) is 7.11 Å². The summed E-state index contributed by atoms with van der Waals surface area (Å²) >= 11 is 1.58. The number of aryl methyl sites for hydroxylation is 2. The van der Waals surface area contributed by atoms with E-state index in [4.69, 9.17) is 10.5 Å². The number of hydrogen-bond donors (Lipinski definition) is 1. The van der Waals surface area contributed by atoms with Crippen LogP contribution in [0.25, 0.3) is 0 Å². The van der Waals surface area contributed by atoms with Crippen LogP contribution in [0.1, 0.15) is 17.0 Å². The molecular weight excluding hydrogens is 258 g/mol. The van der Waals surface area contributed by atoms with Crippen molar-refractivity contribution in [3.05, 3.63) is 41.2 Å². The second kappa shape index (κ2) is 5.93. The predicted molar refractivity (Wildman–Crippen MR) is 78.5 cm³/mol. The molecule has 2 aromatic rings. The number of hydrogen-bond acceptors (Lipinski definition) is 5. The minimum absolute atomic E-state index is 0.733. The highest BCUT2D eigenvalue weighted by Crippen LogP contribution is 2.28. The lowest BCUT2D eigenvalue weighted by Crippen LogP contribution is -1.96. The Bertz CT molecular complexity index is 567. The van der Waals surface area contributed by atoms with E-state index < -0.39 is 0 Å². The lowest BCUT2D eigenvalue weighted by atomic mass is 10.2. The Morgan fingerprint density at radius 2 is 1.84 bits per heavy atom. The van der Waals surface area contributed by atoms with Gasteiger partial charge in [0.1, 0.15) is 5.75 Å². The van der Waals surface area contributed by atoms with Gasteiger partial charge in [0.2, 0.25) is 0 Å². The summed E-state index contributed by atoms with van der Waals surface area (Å²) in [5.74, 6) is 1.57. The minimum atomic E-state index is 0.733. The van der Waals surface area contributed by atoms with Crippen molar-refractivity contribution >= 4 is 17.4 Å². The monoisotopic (exact) mass is 275 g/mol. The molecule has 0 unspecified atom stereocenters. The molecule has 4 nitrogen and oxygen atoms in total. The number of rotatable bonds is 4. The second-order valence-corrected chi connectivity index (χ2v) is 5.24. The zero-order valence-corrected chi connectivity index (χ0v) is 12.1. The van der Waals surface area contributed by atoms with Crippen LogP contribution in [0.5, 0.6) is 5.75 Å². The lowest BCUT2D eigenvalue weighted by molar-refractivity contribution is 0.411. The lowest BCUT2D eigenvalue weighted by Gasteiger charge is -2.09. The zero-order valence-electron chi connectivity index (χ0n) is 11.3. The van der Waals surface area contributed by atoms with Crippen LogP contribution in [0.4, 0.5) is 5.69 Å². The molecule has 0 aliphatic carbocycles. The van der Waals surface area contributed by atoms with Gasteiger partial charge in [-0.3, -0.25) is 0 Å². The molecule has 0 fully saturated rings. The van der Waals surface area contributed by atoms with Crippen molar-refractivity contribution in [1.29, 1.82) is 0 Å². The first-order chi connectivity index (χ1) is 9.08. The average molecular weight is 275 g/mol. The average Bonchev–Trinajstić information content (AvgIpc) is 2.35. The van der Waals surface area contributed by atoms with Crippen LogP contribution >= 0.6 is 11.8 Å². The maximum atomic E-state index is 5.80. The highest BCUT2D eigenvalue weighted by Gasteiger charge is 2.06. The van der Waals surface area contributed by atoms with Gasteiger partial charge in [0.25, 0.3) is 0 Å². The first-order valence-electron chi connectivity index (χ1n) is 5.96. The first kappa shape index (κ1) is 13.7. The Morgan fingerprint density at radius 3 is 2.47 bits per heavy atom. The van der Waals surface area contributed by atoms with E-state index in [2.05, 4.69) is 9.97 Å². The first-order valence-corrected chi connectivity index (χ1v) is 6.94. The number of thioether (sulfide) groups is 1. The third-order valence-electron chi connectivity index (χ3n) is 2.62. The van der Waals surface area contributed by atoms with Crippen LogP contribution in [0, 0.1) is 13.8 Å². The summed E-state index contributed by atoms with van der Waals surface area (Å²) in [5.41, 5.74) is 9.55. The molecule has 0 amide bonds. The van der Waals surface area contributed by atoms with E-state index >= 15 is 0 Å². The van der Waals surface area contributed by atoms with Crippen LogP contribution in [0.15, 0.2) is 29.4 Å². The number of methoxy groups -OCH3 is 1. The van der Waals surface area contributed by atoms with E-state index in [0.717, 1.165) is 39.3 Å². The molecule has 0 saturated carbocycles. The largest absolute Gasteiger partial charge is 0.496 e. The van der Waals surface area contributed by atoms with E-state index in [1.807, 2.05) is 38.1 Å². The molecule has 0 aliphatic rings. The van der Waals surface area contributed by atoms with E-state index in [1.165, 1.54) is 0 Å². The summed E-state index contributed by atoms with van der Waals surface area (Å²) in [6.07, 6.45) is 0. The Balaban J connectivity index is 2.16. The molecule has 19 heavy (non-hydrogen) atoms. The maximum Gasteiger partial charge on any atom is 0.188 e. The fourth-order valence-electron chi connectivity index (χ4n) is 1.81. The molecule has 1 aromatic heterocycles. The Morgan fingerprint density at radius 1 is 1.16 bits per heavy atom. The molecular formula is C14H17N3OS. The predicted octanol–water partition coefficient (Wildman–Crippen LogP) is 2.98. The van der Waals surface area contributed by atoms with Gasteiger partial charge in [0.15, 0.2) is 5.16 Å². The molecule has 2 N–H and O–H groups in total. The van der Waals surface area contributed by atoms with Gasteiger partial charge in [-0.05, 0) is 38.1 Å². The number of ether oxygens (including phenoxy) is 1. The van der Waals surface area contributed by atoms with Gasteiger partial charge in [-0.25, -0.2) is 9.97 Å². The highest BCUT2D eigenvalue weighted by atomic mass is 32.2. The molecule has 0 spiro atoms. The van der Waals surface area contributed by atoms with Crippen molar-refractivity contribution in [2.75, 3.05) is 12.8 Å². The van der Waals surface area contributed by atoms with Crippen LogP contribution in [0.3, 0.4) is 0 Å². The minimum Gasteiger partial charge on any atom is -0.496 e. The fourth-order valence-corrected chi connectivity index (χ4v) is 2.74. The van der Waals surface area contributed by atoms with Gasteiger partial charge in [-0.2, -0.15) is 0 Å². The van der Waals surface area contributed by atoms with Crippen molar-refractivity contribution in [2.45, 2.75) is 24.8 Å². The summed E-state index contributed by atoms with van der Waals surface area (Å²) in [7, 11) is 1.66. The molecule has 0 bridgehead atoms. The molecule has 100 valence electrons. The van der Waals surface area contributed by atoms with Crippen molar-refractivity contribution < 1.29 is 4.74 Å². The number of nitrogen functional groups attached to an aromatic ring is 1. The molecule has 0 saturated heterocycles. The molecule has 0 radical (unpaired) electrons. The van der Waals surface area contributed by atoms with Gasteiger partial charge < -0.3 is 10.5 Å².